The lowest BCUT2D eigenvalue weighted by atomic mass is 9.84. The van der Waals surface area contributed by atoms with E-state index in [1.165, 1.54) is 47.6 Å². The lowest BCUT2D eigenvalue weighted by Crippen LogP contribution is -2.68. The predicted molar refractivity (Wildman–Crippen MR) is 291 cm³/mol. The van der Waals surface area contributed by atoms with Crippen LogP contribution in [0.5, 0.6) is 0 Å². The van der Waals surface area contributed by atoms with Crippen LogP contribution in [0.25, 0.3) is 0 Å². The standard InChI is InChI=1S/C47H84N14O18S2/c1-22(62)59(18-30(64)56-8-11-60(17-29(53)63)32(66)19-61-9-6-28(52)58-47(61)73)10-7-57-31(65)21-81-13-5-3-2-4-12-80-20-27-42(78-45-34(55)39(71)37(69)26(16-49)75-45)40(72)46(76-27)79-43-35(67)23(50)14-24(51)41(43)77-44-33(54)38(70)36(68)25(15-48)74-44/h6,9,23-27,33-46,67-72H,2-5,7-8,10-21,48-51,54-55H2,1H3,(H2,53,63)(H,56,64)(H,57,65)(H2,52,58,73)/t23-,24+,25-,26+,27-,33-,34-,35+,36-,37-,38-,39-,40-,41-,42-,43-,44-,45-,46+/m1/s1. The molecule has 462 valence electrons. The Hall–Kier alpha value is -3.99. The summed E-state index contributed by atoms with van der Waals surface area (Å²) in [6, 6.07) is -2.97. The Kier molecular flexibility index (Phi) is 27.5. The minimum Gasteiger partial charge on any atom is -0.389 e. The van der Waals surface area contributed by atoms with Gasteiger partial charge in [0.25, 0.3) is 0 Å². The van der Waals surface area contributed by atoms with Crippen LogP contribution in [0, 0.1) is 0 Å². The minimum absolute atomic E-state index is 0.0275. The third kappa shape index (κ3) is 19.5. The summed E-state index contributed by atoms with van der Waals surface area (Å²) in [5.74, 6) is -0.899. The first-order valence-electron chi connectivity index (χ1n) is 26.7. The highest BCUT2D eigenvalue weighted by Crippen LogP contribution is 2.35. The smallest absolute Gasteiger partial charge is 0.349 e. The van der Waals surface area contributed by atoms with Crippen LogP contribution in [0.4, 0.5) is 5.82 Å². The molecule has 0 radical (unpaired) electrons. The number of nitrogen functional groups attached to an aromatic ring is 1. The first-order chi connectivity index (χ1) is 38.4. The Morgan fingerprint density at radius 3 is 1.80 bits per heavy atom. The molecular weight excluding hydrogens is 1110 g/mol. The molecule has 1 aliphatic carbocycles. The number of hydrogen-bond donors (Lipinski definition) is 16. The Morgan fingerprint density at radius 2 is 1.23 bits per heavy atom. The van der Waals surface area contributed by atoms with Gasteiger partial charge in [-0.2, -0.15) is 28.5 Å². The largest absolute Gasteiger partial charge is 0.389 e. The highest BCUT2D eigenvalue weighted by Gasteiger charge is 2.54. The molecule has 0 aromatic carbocycles. The van der Waals surface area contributed by atoms with Crippen molar-refractivity contribution in [2.45, 2.75) is 162 Å². The van der Waals surface area contributed by atoms with Gasteiger partial charge in [0.15, 0.2) is 18.9 Å². The fraction of sp³-hybridized carbons (Fsp3) is 0.809. The zero-order valence-corrected chi connectivity index (χ0v) is 46.8. The van der Waals surface area contributed by atoms with Gasteiger partial charge < -0.3 is 125 Å². The summed E-state index contributed by atoms with van der Waals surface area (Å²) < 4.78 is 37.5. The molecule has 1 saturated carbocycles. The molecule has 0 bridgehead atoms. The van der Waals surface area contributed by atoms with Crippen molar-refractivity contribution in [3.8, 4) is 0 Å². The summed E-state index contributed by atoms with van der Waals surface area (Å²) >= 11 is 2.94. The molecule has 19 atom stereocenters. The number of hydrogen-bond acceptors (Lipinski definition) is 28. The molecule has 0 unspecified atom stereocenters. The summed E-state index contributed by atoms with van der Waals surface area (Å²) in [4.78, 5) is 80.0. The van der Waals surface area contributed by atoms with Crippen molar-refractivity contribution >= 4 is 58.9 Å². The van der Waals surface area contributed by atoms with Gasteiger partial charge in [0.05, 0.1) is 43.1 Å². The summed E-state index contributed by atoms with van der Waals surface area (Å²) in [7, 11) is 0. The van der Waals surface area contributed by atoms with Crippen molar-refractivity contribution in [3.05, 3.63) is 22.7 Å². The Balaban J connectivity index is 1.03. The molecule has 4 fully saturated rings. The number of anilines is 1. The van der Waals surface area contributed by atoms with Crippen molar-refractivity contribution in [1.82, 2.24) is 30.0 Å². The maximum Gasteiger partial charge on any atom is 0.349 e. The van der Waals surface area contributed by atoms with Gasteiger partial charge in [-0.15, -0.1) is 0 Å². The molecule has 24 N–H and O–H groups in total. The maximum atomic E-state index is 12.8. The van der Waals surface area contributed by atoms with E-state index in [1.807, 2.05) is 0 Å². The van der Waals surface area contributed by atoms with Gasteiger partial charge in [0, 0.05) is 70.2 Å². The zero-order chi connectivity index (χ0) is 59.7. The number of nitrogens with zero attached hydrogens (tertiary/aromatic N) is 4. The van der Waals surface area contributed by atoms with Gasteiger partial charge >= 0.3 is 5.69 Å². The highest BCUT2D eigenvalue weighted by molar-refractivity contribution is 8.00. The van der Waals surface area contributed by atoms with Gasteiger partial charge in [-0.25, -0.2) is 4.79 Å². The summed E-state index contributed by atoms with van der Waals surface area (Å²) in [5.41, 5.74) is 46.8. The van der Waals surface area contributed by atoms with Crippen LogP contribution in [0.2, 0.25) is 0 Å². The minimum atomic E-state index is -1.56. The molecule has 1 aromatic heterocycles. The van der Waals surface area contributed by atoms with Crippen LogP contribution >= 0.6 is 23.5 Å². The van der Waals surface area contributed by atoms with Crippen LogP contribution < -0.4 is 62.2 Å². The van der Waals surface area contributed by atoms with Gasteiger partial charge in [-0.3, -0.25) is 28.5 Å². The van der Waals surface area contributed by atoms with Crippen molar-refractivity contribution in [2.24, 2.45) is 40.1 Å². The SMILES string of the molecule is CC(=O)N(CCNC(=O)CSCCCCCCSC[C@H]1O[C@@H](O[C@@H]2[C@@H](O)[C@H](N)C[C@H](N)[C@H]2O[C@H]2O[C@H](CN)[C@@H](O)[C@H](O)[C@H]2N)[C@H](O)[C@@H]1O[C@H]1O[C@@H](CN)[C@@H](O)[C@H](O)[C@H]1N)CC(=O)NCCN(CC(N)=O)C(=O)Cn1ccc(N)nc1=O. The van der Waals surface area contributed by atoms with Crippen LogP contribution in [-0.2, 0) is 58.9 Å². The fourth-order valence-corrected chi connectivity index (χ4v) is 11.3. The van der Waals surface area contributed by atoms with Crippen molar-refractivity contribution < 1.29 is 83.0 Å². The molecule has 3 saturated heterocycles. The van der Waals surface area contributed by atoms with E-state index in [0.29, 0.717) is 11.5 Å². The summed E-state index contributed by atoms with van der Waals surface area (Å²) in [6.45, 7) is -0.433. The van der Waals surface area contributed by atoms with E-state index < -0.39 is 159 Å². The number of primary amides is 1. The van der Waals surface area contributed by atoms with Crippen LogP contribution in [0.3, 0.4) is 0 Å². The number of thioether (sulfide) groups is 2. The first-order valence-corrected chi connectivity index (χ1v) is 29.0. The van der Waals surface area contributed by atoms with E-state index in [4.69, 9.17) is 74.3 Å². The number of aliphatic hydroxyl groups is 6. The first kappa shape index (κ1) is 67.8. The molecule has 5 rings (SSSR count). The Labute approximate surface area is 476 Å². The van der Waals surface area contributed by atoms with E-state index >= 15 is 0 Å². The second-order valence-electron chi connectivity index (χ2n) is 20.3. The number of nitrogens with two attached hydrogens (primary N) is 8. The van der Waals surface area contributed by atoms with E-state index in [2.05, 4.69) is 15.6 Å². The van der Waals surface area contributed by atoms with Crippen molar-refractivity contribution in [3.63, 3.8) is 0 Å². The van der Waals surface area contributed by atoms with Crippen molar-refractivity contribution in [2.75, 3.05) is 81.1 Å². The van der Waals surface area contributed by atoms with E-state index in [1.54, 1.807) is 0 Å². The van der Waals surface area contributed by atoms with E-state index in [0.717, 1.165) is 35.2 Å². The number of carbonyl (C=O) groups is 5. The quantitative estimate of drug-likeness (QED) is 0.0307. The molecule has 4 heterocycles. The molecule has 1 aromatic rings. The molecule has 3 aliphatic heterocycles. The number of rotatable bonds is 31. The van der Waals surface area contributed by atoms with E-state index in [9.17, 15) is 59.4 Å². The average molecular weight is 1200 g/mol. The number of unbranched alkanes of at least 4 members (excludes halogenated alkanes) is 3. The number of ether oxygens (including phenoxy) is 6. The van der Waals surface area contributed by atoms with Gasteiger partial charge in [-0.05, 0) is 36.8 Å². The summed E-state index contributed by atoms with van der Waals surface area (Å²) in [6.07, 6.45) is -15.0. The topological polar surface area (TPSA) is 536 Å². The Bertz CT molecular complexity index is 2240. The van der Waals surface area contributed by atoms with E-state index in [-0.39, 0.29) is 75.5 Å². The molecular formula is C47H84N14O18S2. The van der Waals surface area contributed by atoms with Crippen LogP contribution in [-0.4, -0.2) is 271 Å². The second-order valence-corrected chi connectivity index (χ2v) is 22.5. The molecule has 81 heavy (non-hydrogen) atoms. The normalized spacial score (nSPS) is 33.2. The number of amides is 5. The fourth-order valence-electron chi connectivity index (χ4n) is 9.43. The van der Waals surface area contributed by atoms with Crippen LogP contribution in [0.1, 0.15) is 39.0 Å². The number of aliphatic hydroxyl groups excluding tert-OH is 6. The Morgan fingerprint density at radius 1 is 0.691 bits per heavy atom. The molecule has 4 aliphatic rings. The third-order valence-corrected chi connectivity index (χ3v) is 16.3. The van der Waals surface area contributed by atoms with Gasteiger partial charge in [0.2, 0.25) is 29.5 Å². The maximum absolute atomic E-state index is 12.8. The third-order valence-electron chi connectivity index (χ3n) is 14.1. The lowest BCUT2D eigenvalue weighted by molar-refractivity contribution is -0.306. The van der Waals surface area contributed by atoms with Crippen molar-refractivity contribution in [1.29, 1.82) is 0 Å². The number of carbonyl (C=O) groups excluding carboxylic acids is 5. The lowest BCUT2D eigenvalue weighted by Gasteiger charge is -2.47. The number of aromatic nitrogens is 2. The second kappa shape index (κ2) is 32.9. The van der Waals surface area contributed by atoms with Gasteiger partial charge in [0.1, 0.15) is 73.4 Å². The number of nitrogens with one attached hydrogen (secondary N) is 2. The monoisotopic (exact) mass is 1200 g/mol. The molecule has 0 spiro atoms. The average Bonchev–Trinajstić information content (AvgIpc) is 4.03. The molecule has 5 amide bonds. The molecule has 32 nitrogen and oxygen atoms in total. The zero-order valence-electron chi connectivity index (χ0n) is 45.2. The van der Waals surface area contributed by atoms with Gasteiger partial charge in [-0.1, -0.05) is 12.8 Å². The summed E-state index contributed by atoms with van der Waals surface area (Å²) in [5, 5.41) is 70.7. The van der Waals surface area contributed by atoms with Crippen LogP contribution in [0.15, 0.2) is 17.1 Å². The predicted octanol–water partition coefficient (Wildman–Crippen LogP) is -9.63. The molecule has 34 heteroatoms. The highest BCUT2D eigenvalue weighted by atomic mass is 32.2.